The number of anilines is 1. The van der Waals surface area contributed by atoms with E-state index in [4.69, 9.17) is 4.74 Å². The van der Waals surface area contributed by atoms with Crippen LogP contribution in [0.3, 0.4) is 0 Å². The predicted octanol–water partition coefficient (Wildman–Crippen LogP) is 4.12. The van der Waals surface area contributed by atoms with Gasteiger partial charge in [0.1, 0.15) is 5.82 Å². The van der Waals surface area contributed by atoms with Gasteiger partial charge < -0.3 is 10.1 Å². The van der Waals surface area contributed by atoms with Crippen molar-refractivity contribution < 1.29 is 9.13 Å². The quantitative estimate of drug-likeness (QED) is 0.866. The summed E-state index contributed by atoms with van der Waals surface area (Å²) in [7, 11) is 0. The Labute approximate surface area is 114 Å². The molecule has 2 aliphatic rings. The highest BCUT2D eigenvalue weighted by Crippen LogP contribution is 2.39. The molecule has 2 fully saturated rings. The van der Waals surface area contributed by atoms with E-state index in [0.717, 1.165) is 19.4 Å². The number of para-hydroxylation sites is 1. The van der Waals surface area contributed by atoms with Gasteiger partial charge in [-0.3, -0.25) is 0 Å². The summed E-state index contributed by atoms with van der Waals surface area (Å²) in [5.74, 6) is -0.160. The van der Waals surface area contributed by atoms with Crippen LogP contribution in [0.2, 0.25) is 0 Å². The lowest BCUT2D eigenvalue weighted by Gasteiger charge is -2.44. The van der Waals surface area contributed by atoms with Crippen LogP contribution in [0, 0.1) is 5.82 Å². The summed E-state index contributed by atoms with van der Waals surface area (Å²) >= 11 is 0. The lowest BCUT2D eigenvalue weighted by atomic mass is 9.78. The summed E-state index contributed by atoms with van der Waals surface area (Å²) in [4.78, 5) is 0. The predicted molar refractivity (Wildman–Crippen MR) is 74.8 cm³/mol. The number of benzene rings is 1. The molecule has 1 aliphatic heterocycles. The van der Waals surface area contributed by atoms with Gasteiger partial charge in [0.2, 0.25) is 0 Å². The molecule has 19 heavy (non-hydrogen) atoms. The van der Waals surface area contributed by atoms with E-state index in [1.165, 1.54) is 38.2 Å². The number of nitrogens with one attached hydrogen (secondary N) is 1. The van der Waals surface area contributed by atoms with Crippen molar-refractivity contribution in [2.75, 3.05) is 11.9 Å². The SMILES string of the molecule is Fc1ccccc1NC1CCOC2(CCCCC2)C1. The molecule has 3 rings (SSSR count). The Morgan fingerprint density at radius 1 is 1.16 bits per heavy atom. The van der Waals surface area contributed by atoms with Crippen molar-refractivity contribution in [2.24, 2.45) is 0 Å². The molecule has 1 aromatic carbocycles. The van der Waals surface area contributed by atoms with E-state index in [1.54, 1.807) is 6.07 Å². The highest BCUT2D eigenvalue weighted by molar-refractivity contribution is 5.45. The highest BCUT2D eigenvalue weighted by atomic mass is 19.1. The topological polar surface area (TPSA) is 21.3 Å². The molecule has 1 saturated heterocycles. The normalized spacial score (nSPS) is 26.3. The maximum absolute atomic E-state index is 13.7. The Morgan fingerprint density at radius 3 is 2.74 bits per heavy atom. The zero-order chi connectivity index (χ0) is 13.1. The second kappa shape index (κ2) is 5.49. The van der Waals surface area contributed by atoms with Gasteiger partial charge in [-0.15, -0.1) is 0 Å². The van der Waals surface area contributed by atoms with E-state index in [2.05, 4.69) is 5.32 Å². The molecule has 3 heteroatoms. The van der Waals surface area contributed by atoms with Gasteiger partial charge in [-0.25, -0.2) is 4.39 Å². The summed E-state index contributed by atoms with van der Waals surface area (Å²) < 4.78 is 19.8. The largest absolute Gasteiger partial charge is 0.380 e. The average molecular weight is 263 g/mol. The Bertz CT molecular complexity index is 423. The van der Waals surface area contributed by atoms with Crippen LogP contribution in [0.25, 0.3) is 0 Å². The molecule has 0 aromatic heterocycles. The number of halogens is 1. The monoisotopic (exact) mass is 263 g/mol. The Morgan fingerprint density at radius 2 is 1.95 bits per heavy atom. The van der Waals surface area contributed by atoms with Crippen molar-refractivity contribution in [3.63, 3.8) is 0 Å². The van der Waals surface area contributed by atoms with E-state index in [9.17, 15) is 4.39 Å². The van der Waals surface area contributed by atoms with E-state index < -0.39 is 0 Å². The molecule has 1 N–H and O–H groups in total. The molecule has 0 amide bonds. The molecule has 0 bridgehead atoms. The molecular formula is C16H22FNO. The lowest BCUT2D eigenvalue weighted by molar-refractivity contribution is -0.103. The van der Waals surface area contributed by atoms with Crippen molar-refractivity contribution in [2.45, 2.75) is 56.6 Å². The molecule has 1 aromatic rings. The minimum Gasteiger partial charge on any atom is -0.380 e. The molecular weight excluding hydrogens is 241 g/mol. The zero-order valence-electron chi connectivity index (χ0n) is 11.3. The van der Waals surface area contributed by atoms with Gasteiger partial charge in [0, 0.05) is 12.6 Å². The maximum Gasteiger partial charge on any atom is 0.146 e. The third-order valence-electron chi connectivity index (χ3n) is 4.49. The van der Waals surface area contributed by atoms with Crippen LogP contribution in [0.1, 0.15) is 44.9 Å². The minimum absolute atomic E-state index is 0.0689. The first-order valence-electron chi connectivity index (χ1n) is 7.42. The van der Waals surface area contributed by atoms with Crippen molar-refractivity contribution >= 4 is 5.69 Å². The fourth-order valence-electron chi connectivity index (χ4n) is 3.49. The summed E-state index contributed by atoms with van der Waals surface area (Å²) in [6, 6.07) is 7.27. The van der Waals surface area contributed by atoms with E-state index in [1.807, 2.05) is 12.1 Å². The van der Waals surface area contributed by atoms with Crippen LogP contribution in [-0.2, 0) is 4.74 Å². The van der Waals surface area contributed by atoms with Crippen molar-refractivity contribution in [3.8, 4) is 0 Å². The molecule has 1 atom stereocenters. The van der Waals surface area contributed by atoms with Crippen molar-refractivity contribution in [3.05, 3.63) is 30.1 Å². The van der Waals surface area contributed by atoms with Crippen LogP contribution in [0.4, 0.5) is 10.1 Å². The van der Waals surface area contributed by atoms with Crippen LogP contribution in [0.15, 0.2) is 24.3 Å². The van der Waals surface area contributed by atoms with Gasteiger partial charge in [0.25, 0.3) is 0 Å². The summed E-state index contributed by atoms with van der Waals surface area (Å²) in [6.45, 7) is 0.798. The third kappa shape index (κ3) is 2.92. The lowest BCUT2D eigenvalue weighted by Crippen LogP contribution is -2.45. The summed E-state index contributed by atoms with van der Waals surface area (Å²) in [5, 5.41) is 3.37. The van der Waals surface area contributed by atoms with Crippen molar-refractivity contribution in [1.82, 2.24) is 0 Å². The second-order valence-corrected chi connectivity index (χ2v) is 5.91. The maximum atomic E-state index is 13.7. The molecule has 1 saturated carbocycles. The average Bonchev–Trinajstić information content (AvgIpc) is 2.42. The van der Waals surface area contributed by atoms with Crippen LogP contribution >= 0.6 is 0 Å². The summed E-state index contributed by atoms with van der Waals surface area (Å²) in [5.41, 5.74) is 0.694. The van der Waals surface area contributed by atoms with Gasteiger partial charge in [0.05, 0.1) is 11.3 Å². The molecule has 0 radical (unpaired) electrons. The third-order valence-corrected chi connectivity index (χ3v) is 4.49. The molecule has 104 valence electrons. The number of rotatable bonds is 2. The summed E-state index contributed by atoms with van der Waals surface area (Å²) in [6.07, 6.45) is 8.19. The molecule has 1 heterocycles. The first kappa shape index (κ1) is 12.9. The first-order chi connectivity index (χ1) is 9.27. The van der Waals surface area contributed by atoms with E-state index in [0.29, 0.717) is 11.7 Å². The highest BCUT2D eigenvalue weighted by Gasteiger charge is 2.38. The van der Waals surface area contributed by atoms with Crippen LogP contribution in [-0.4, -0.2) is 18.2 Å². The number of hydrogen-bond acceptors (Lipinski definition) is 2. The molecule has 1 spiro atoms. The molecule has 2 nitrogen and oxygen atoms in total. The number of ether oxygens (including phenoxy) is 1. The minimum atomic E-state index is -0.160. The second-order valence-electron chi connectivity index (χ2n) is 5.91. The Kier molecular flexibility index (Phi) is 3.74. The Balaban J connectivity index is 1.67. The number of hydrogen-bond donors (Lipinski definition) is 1. The molecule has 1 aliphatic carbocycles. The smallest absolute Gasteiger partial charge is 0.146 e. The van der Waals surface area contributed by atoms with Crippen molar-refractivity contribution in [1.29, 1.82) is 0 Å². The van der Waals surface area contributed by atoms with Gasteiger partial charge >= 0.3 is 0 Å². The van der Waals surface area contributed by atoms with Gasteiger partial charge in [-0.2, -0.15) is 0 Å². The Hall–Kier alpha value is -1.09. The van der Waals surface area contributed by atoms with Crippen LogP contribution < -0.4 is 5.32 Å². The van der Waals surface area contributed by atoms with Gasteiger partial charge in [0.15, 0.2) is 0 Å². The first-order valence-corrected chi connectivity index (χ1v) is 7.42. The van der Waals surface area contributed by atoms with E-state index in [-0.39, 0.29) is 11.4 Å². The van der Waals surface area contributed by atoms with Gasteiger partial charge in [-0.1, -0.05) is 31.4 Å². The fourth-order valence-corrected chi connectivity index (χ4v) is 3.49. The fraction of sp³-hybridized carbons (Fsp3) is 0.625. The zero-order valence-corrected chi connectivity index (χ0v) is 11.3. The van der Waals surface area contributed by atoms with Gasteiger partial charge in [-0.05, 0) is 37.8 Å². The van der Waals surface area contributed by atoms with E-state index >= 15 is 0 Å². The van der Waals surface area contributed by atoms with Crippen LogP contribution in [0.5, 0.6) is 0 Å². The molecule has 1 unspecified atom stereocenters. The standard InChI is InChI=1S/C16H22FNO/c17-14-6-2-3-7-15(14)18-13-8-11-19-16(12-13)9-4-1-5-10-16/h2-3,6-7,13,18H,1,4-5,8-12H2.